The first-order valence-corrected chi connectivity index (χ1v) is 11.3. The van der Waals surface area contributed by atoms with Crippen molar-refractivity contribution >= 4 is 33.5 Å². The molecule has 5 atom stereocenters. The molecule has 0 spiro atoms. The lowest BCUT2D eigenvalue weighted by atomic mass is 9.93. The van der Waals surface area contributed by atoms with Crippen molar-refractivity contribution in [3.63, 3.8) is 0 Å². The minimum absolute atomic E-state index is 0.173. The van der Waals surface area contributed by atoms with Crippen LogP contribution in [0.15, 0.2) is 48.7 Å². The van der Waals surface area contributed by atoms with E-state index in [1.54, 1.807) is 12.3 Å². The largest absolute Gasteiger partial charge is 0.490 e. The molecule has 6 rings (SSSR count). The zero-order valence-electron chi connectivity index (χ0n) is 17.2. The molecule has 0 radical (unpaired) electrons. The maximum Gasteiger partial charge on any atom is 0.130 e. The highest BCUT2D eigenvalue weighted by molar-refractivity contribution is 6.31. The van der Waals surface area contributed by atoms with Crippen LogP contribution in [0.2, 0.25) is 5.02 Å². The number of ether oxygens (including phenoxy) is 1. The van der Waals surface area contributed by atoms with Crippen molar-refractivity contribution in [2.45, 2.75) is 38.2 Å². The number of aromatic amines is 1. The van der Waals surface area contributed by atoms with E-state index in [1.807, 2.05) is 24.3 Å². The summed E-state index contributed by atoms with van der Waals surface area (Å²) in [7, 11) is 0. The third-order valence-corrected chi connectivity index (χ3v) is 7.38. The van der Waals surface area contributed by atoms with Crippen LogP contribution in [-0.4, -0.2) is 21.1 Å². The van der Waals surface area contributed by atoms with E-state index in [0.29, 0.717) is 28.7 Å². The summed E-state index contributed by atoms with van der Waals surface area (Å²) < 4.78 is 20.1. The van der Waals surface area contributed by atoms with Gasteiger partial charge in [0, 0.05) is 22.5 Å². The Morgan fingerprint density at radius 2 is 1.97 bits per heavy atom. The second kappa shape index (κ2) is 7.20. The van der Waals surface area contributed by atoms with Crippen LogP contribution in [0.5, 0.6) is 5.75 Å². The summed E-state index contributed by atoms with van der Waals surface area (Å²) in [4.78, 5) is 12.7. The smallest absolute Gasteiger partial charge is 0.130 e. The number of nitrogens with one attached hydrogen (secondary N) is 1. The van der Waals surface area contributed by atoms with E-state index in [9.17, 15) is 4.39 Å². The van der Waals surface area contributed by atoms with Crippen LogP contribution in [0.4, 0.5) is 4.39 Å². The normalized spacial score (nSPS) is 25.6. The van der Waals surface area contributed by atoms with Gasteiger partial charge < -0.3 is 9.72 Å². The highest BCUT2D eigenvalue weighted by Gasteiger charge is 2.59. The van der Waals surface area contributed by atoms with Crippen molar-refractivity contribution in [2.75, 3.05) is 0 Å². The summed E-state index contributed by atoms with van der Waals surface area (Å²) in [6.45, 7) is 2.24. The number of halogens is 2. The summed E-state index contributed by atoms with van der Waals surface area (Å²) in [6, 6.07) is 12.3. The molecule has 4 nitrogen and oxygen atoms in total. The third-order valence-electron chi connectivity index (χ3n) is 7.14. The average Bonchev–Trinajstić information content (AvgIpc) is 3.09. The Kier molecular flexibility index (Phi) is 4.42. The van der Waals surface area contributed by atoms with Gasteiger partial charge in [-0.3, -0.25) is 4.98 Å². The number of rotatable bonds is 5. The van der Waals surface area contributed by atoms with E-state index in [2.05, 4.69) is 16.9 Å². The molecule has 158 valence electrons. The monoisotopic (exact) mass is 435 g/mol. The number of imidazole rings is 1. The lowest BCUT2D eigenvalue weighted by Crippen LogP contribution is -2.18. The summed E-state index contributed by atoms with van der Waals surface area (Å²) >= 11 is 6.13. The molecule has 0 amide bonds. The molecular formula is C25H23ClFN3O. The number of pyridine rings is 1. The summed E-state index contributed by atoms with van der Waals surface area (Å²) in [5.74, 6) is 3.94. The molecule has 1 unspecified atom stereocenters. The van der Waals surface area contributed by atoms with Crippen LogP contribution in [0, 0.1) is 23.6 Å². The molecule has 2 fully saturated rings. The van der Waals surface area contributed by atoms with Gasteiger partial charge in [-0.25, -0.2) is 9.37 Å². The zero-order valence-corrected chi connectivity index (χ0v) is 17.9. The van der Waals surface area contributed by atoms with Gasteiger partial charge in [0.05, 0.1) is 22.7 Å². The fraction of sp³-hybridized carbons (Fsp3) is 0.360. The molecule has 31 heavy (non-hydrogen) atoms. The van der Waals surface area contributed by atoms with Gasteiger partial charge in [0.1, 0.15) is 17.4 Å². The molecule has 1 N–H and O–H groups in total. The second-order valence-electron chi connectivity index (χ2n) is 8.89. The molecular weight excluding hydrogens is 413 g/mol. The number of aromatic nitrogens is 3. The molecule has 6 heteroatoms. The molecule has 2 saturated carbocycles. The number of nitrogens with zero attached hydrogens (tertiary/aromatic N) is 2. The van der Waals surface area contributed by atoms with Gasteiger partial charge in [0.2, 0.25) is 0 Å². The SMILES string of the molecule is CCC(c1nc2cc(Cl)ccc2[nH]1)[C@H]1[C@@H]2C[C@H](Oc3ccnc4ccc(F)cc34)C[C@@H]21. The summed E-state index contributed by atoms with van der Waals surface area (Å²) in [6.07, 6.45) is 5.04. The standard InChI is InChI=1S/C25H23ClFN3O/c1-2-16(25-29-21-5-3-13(26)9-22(21)30-25)24-17-11-15(12-18(17)24)31-23-7-8-28-20-6-4-14(27)10-19(20)23/h3-10,15-18,24H,2,11-12H2,1H3,(H,29,30)/t15-,16?,17+,18-,24-. The molecule has 0 aliphatic heterocycles. The molecule has 4 aromatic rings. The maximum absolute atomic E-state index is 13.7. The molecule has 2 aromatic heterocycles. The number of H-pyrrole nitrogens is 1. The fourth-order valence-electron chi connectivity index (χ4n) is 5.73. The average molecular weight is 436 g/mol. The van der Waals surface area contributed by atoms with Gasteiger partial charge in [0.15, 0.2) is 0 Å². The van der Waals surface area contributed by atoms with Crippen molar-refractivity contribution in [2.24, 2.45) is 17.8 Å². The van der Waals surface area contributed by atoms with Gasteiger partial charge in [0.25, 0.3) is 0 Å². The van der Waals surface area contributed by atoms with Gasteiger partial charge in [-0.05, 0) is 79.5 Å². The van der Waals surface area contributed by atoms with Crippen LogP contribution in [0.1, 0.15) is 37.9 Å². The predicted octanol–water partition coefficient (Wildman–Crippen LogP) is 6.50. The van der Waals surface area contributed by atoms with E-state index >= 15 is 0 Å². The van der Waals surface area contributed by atoms with Gasteiger partial charge in [-0.1, -0.05) is 18.5 Å². The Balaban J connectivity index is 1.18. The van der Waals surface area contributed by atoms with E-state index in [-0.39, 0.29) is 11.9 Å². The third kappa shape index (κ3) is 3.26. The molecule has 0 saturated heterocycles. The number of benzene rings is 2. The molecule has 2 aliphatic rings. The minimum atomic E-state index is -0.266. The lowest BCUT2D eigenvalue weighted by Gasteiger charge is -2.20. The number of fused-ring (bicyclic) bond motifs is 3. The van der Waals surface area contributed by atoms with Crippen molar-refractivity contribution in [3.05, 3.63) is 65.3 Å². The topological polar surface area (TPSA) is 50.8 Å². The minimum Gasteiger partial charge on any atom is -0.490 e. The molecule has 2 aliphatic carbocycles. The first-order valence-electron chi connectivity index (χ1n) is 11.0. The van der Waals surface area contributed by atoms with E-state index in [1.165, 1.54) is 12.1 Å². The lowest BCUT2D eigenvalue weighted by molar-refractivity contribution is 0.184. The Hall–Kier alpha value is -2.66. The number of hydrogen-bond acceptors (Lipinski definition) is 3. The van der Waals surface area contributed by atoms with Crippen LogP contribution < -0.4 is 4.74 Å². The second-order valence-corrected chi connectivity index (χ2v) is 9.32. The Bertz CT molecular complexity index is 1280. The quantitative estimate of drug-likeness (QED) is 0.389. The van der Waals surface area contributed by atoms with E-state index < -0.39 is 0 Å². The Morgan fingerprint density at radius 3 is 2.77 bits per heavy atom. The van der Waals surface area contributed by atoms with Crippen LogP contribution >= 0.6 is 11.6 Å². The predicted molar refractivity (Wildman–Crippen MR) is 120 cm³/mol. The van der Waals surface area contributed by atoms with E-state index in [0.717, 1.165) is 52.8 Å². The molecule has 0 bridgehead atoms. The maximum atomic E-state index is 13.7. The Labute approximate surface area is 184 Å². The van der Waals surface area contributed by atoms with Crippen molar-refractivity contribution in [3.8, 4) is 5.75 Å². The van der Waals surface area contributed by atoms with Crippen molar-refractivity contribution in [1.82, 2.24) is 15.0 Å². The van der Waals surface area contributed by atoms with Crippen LogP contribution in [0.3, 0.4) is 0 Å². The van der Waals surface area contributed by atoms with E-state index in [4.69, 9.17) is 21.3 Å². The van der Waals surface area contributed by atoms with Crippen molar-refractivity contribution in [1.29, 1.82) is 0 Å². The first-order chi connectivity index (χ1) is 15.1. The first kappa shape index (κ1) is 19.1. The van der Waals surface area contributed by atoms with Crippen molar-refractivity contribution < 1.29 is 9.13 Å². The van der Waals surface area contributed by atoms with Crippen LogP contribution in [0.25, 0.3) is 21.9 Å². The summed E-state index contributed by atoms with van der Waals surface area (Å²) in [5, 5.41) is 1.46. The molecule has 2 aromatic carbocycles. The van der Waals surface area contributed by atoms with Gasteiger partial charge in [-0.15, -0.1) is 0 Å². The summed E-state index contributed by atoms with van der Waals surface area (Å²) in [5.41, 5.74) is 2.74. The van der Waals surface area contributed by atoms with Gasteiger partial charge >= 0.3 is 0 Å². The van der Waals surface area contributed by atoms with Gasteiger partial charge in [-0.2, -0.15) is 0 Å². The fourth-order valence-corrected chi connectivity index (χ4v) is 5.90. The van der Waals surface area contributed by atoms with Crippen LogP contribution in [-0.2, 0) is 0 Å². The molecule has 2 heterocycles. The Morgan fingerprint density at radius 1 is 1.13 bits per heavy atom. The number of hydrogen-bond donors (Lipinski definition) is 1. The highest BCUT2D eigenvalue weighted by atomic mass is 35.5. The zero-order chi connectivity index (χ0) is 21.1. The highest BCUT2D eigenvalue weighted by Crippen LogP contribution is 2.63.